The van der Waals surface area contributed by atoms with Crippen molar-refractivity contribution in [2.45, 2.75) is 58.4 Å². The second-order valence-corrected chi connectivity index (χ2v) is 10.8. The fraction of sp³-hybridized carbons (Fsp3) is 0.314. The molecule has 1 aliphatic rings. The van der Waals surface area contributed by atoms with Gasteiger partial charge >= 0.3 is 5.97 Å². The molecule has 1 unspecified atom stereocenters. The molecule has 2 atom stereocenters. The zero-order valence-corrected chi connectivity index (χ0v) is 24.1. The number of ether oxygens (including phenoxy) is 2. The van der Waals surface area contributed by atoms with Crippen LogP contribution in [0.25, 0.3) is 11.1 Å². The van der Waals surface area contributed by atoms with Crippen LogP contribution in [-0.4, -0.2) is 36.2 Å². The van der Waals surface area contributed by atoms with Gasteiger partial charge in [0.05, 0.1) is 6.10 Å². The smallest absolute Gasteiger partial charge is 0.342 e. The van der Waals surface area contributed by atoms with Crippen molar-refractivity contribution >= 4 is 11.8 Å². The number of aromatic nitrogens is 1. The van der Waals surface area contributed by atoms with Crippen LogP contribution in [-0.2, 0) is 11.3 Å². The number of nitrogens with one attached hydrogen (secondary N) is 1. The molecule has 6 nitrogen and oxygen atoms in total. The van der Waals surface area contributed by atoms with Crippen LogP contribution in [0.4, 0.5) is 5.82 Å². The molecule has 1 fully saturated rings. The summed E-state index contributed by atoms with van der Waals surface area (Å²) < 4.78 is 11.7. The molecule has 0 radical (unpaired) electrons. The first-order chi connectivity index (χ1) is 20.0. The Morgan fingerprint density at radius 1 is 0.976 bits per heavy atom. The second kappa shape index (κ2) is 13.5. The highest BCUT2D eigenvalue weighted by Gasteiger charge is 2.30. The summed E-state index contributed by atoms with van der Waals surface area (Å²) in [5, 5.41) is 3.86. The predicted octanol–water partition coefficient (Wildman–Crippen LogP) is 7.21. The van der Waals surface area contributed by atoms with E-state index >= 15 is 0 Å². The maximum atomic E-state index is 13.4. The SMILES string of the molecule is CCC(N[C@@H]1CCN(c2nccc(-c3ccccc3)c2C(=O)OC(C)C)C1)c1ccc(OCc2ccccc2)cc1. The molecule has 0 spiro atoms. The molecule has 6 heteroatoms. The monoisotopic (exact) mass is 549 g/mol. The van der Waals surface area contributed by atoms with Gasteiger partial charge < -0.3 is 19.7 Å². The van der Waals surface area contributed by atoms with E-state index in [1.165, 1.54) is 5.56 Å². The average Bonchev–Trinajstić information content (AvgIpc) is 3.48. The third kappa shape index (κ3) is 7.14. The topological polar surface area (TPSA) is 63.7 Å². The first-order valence-corrected chi connectivity index (χ1v) is 14.5. The van der Waals surface area contributed by atoms with Gasteiger partial charge in [0, 0.05) is 36.9 Å². The lowest BCUT2D eigenvalue weighted by Crippen LogP contribution is -2.36. The highest BCUT2D eigenvalue weighted by Crippen LogP contribution is 2.33. The predicted molar refractivity (Wildman–Crippen MR) is 164 cm³/mol. The van der Waals surface area contributed by atoms with Crippen molar-refractivity contribution in [3.05, 3.63) is 114 Å². The van der Waals surface area contributed by atoms with Gasteiger partial charge in [-0.15, -0.1) is 0 Å². The van der Waals surface area contributed by atoms with Crippen molar-refractivity contribution in [3.63, 3.8) is 0 Å². The first kappa shape index (κ1) is 28.4. The van der Waals surface area contributed by atoms with Crippen molar-refractivity contribution < 1.29 is 14.3 Å². The molecule has 3 aromatic carbocycles. The summed E-state index contributed by atoms with van der Waals surface area (Å²) in [6.45, 7) is 8.09. The Bertz CT molecular complexity index is 1410. The van der Waals surface area contributed by atoms with Gasteiger partial charge in [0.15, 0.2) is 0 Å². The Morgan fingerprint density at radius 2 is 1.68 bits per heavy atom. The largest absolute Gasteiger partial charge is 0.489 e. The van der Waals surface area contributed by atoms with Crippen molar-refractivity contribution in [3.8, 4) is 16.9 Å². The van der Waals surface area contributed by atoms with Gasteiger partial charge in [-0.1, -0.05) is 79.7 Å². The zero-order valence-electron chi connectivity index (χ0n) is 24.1. The Hall–Kier alpha value is -4.16. The molecule has 0 aliphatic carbocycles. The van der Waals surface area contributed by atoms with Crippen LogP contribution in [0, 0.1) is 0 Å². The van der Waals surface area contributed by atoms with E-state index in [2.05, 4.69) is 53.5 Å². The lowest BCUT2D eigenvalue weighted by molar-refractivity contribution is 0.0379. The van der Waals surface area contributed by atoms with Crippen LogP contribution in [0.1, 0.15) is 61.1 Å². The van der Waals surface area contributed by atoms with Gasteiger partial charge in [-0.05, 0) is 61.6 Å². The van der Waals surface area contributed by atoms with Crippen molar-refractivity contribution in [1.82, 2.24) is 10.3 Å². The Labute approximate surface area is 243 Å². The van der Waals surface area contributed by atoms with Crippen molar-refractivity contribution in [1.29, 1.82) is 0 Å². The maximum absolute atomic E-state index is 13.4. The number of rotatable bonds is 11. The van der Waals surface area contributed by atoms with Crippen LogP contribution in [0.5, 0.6) is 5.75 Å². The highest BCUT2D eigenvalue weighted by atomic mass is 16.5. The fourth-order valence-electron chi connectivity index (χ4n) is 5.38. The van der Waals surface area contributed by atoms with E-state index in [0.717, 1.165) is 48.4 Å². The molecule has 1 aliphatic heterocycles. The van der Waals surface area contributed by atoms with E-state index in [9.17, 15) is 4.79 Å². The molecule has 0 amide bonds. The molecule has 1 aromatic heterocycles. The van der Waals surface area contributed by atoms with Crippen molar-refractivity contribution in [2.75, 3.05) is 18.0 Å². The molecule has 0 saturated carbocycles. The summed E-state index contributed by atoms with van der Waals surface area (Å²) in [6, 6.07) is 31.0. The number of anilines is 1. The molecule has 5 rings (SSSR count). The van der Waals surface area contributed by atoms with E-state index in [0.29, 0.717) is 18.0 Å². The van der Waals surface area contributed by atoms with E-state index in [1.54, 1.807) is 6.20 Å². The van der Waals surface area contributed by atoms with E-state index in [1.807, 2.05) is 68.4 Å². The molecule has 4 aromatic rings. The molecule has 1 saturated heterocycles. The minimum Gasteiger partial charge on any atom is -0.489 e. The third-order valence-corrected chi connectivity index (χ3v) is 7.43. The number of benzene rings is 3. The Morgan fingerprint density at radius 3 is 2.37 bits per heavy atom. The lowest BCUT2D eigenvalue weighted by Gasteiger charge is -2.25. The minimum atomic E-state index is -0.334. The number of pyridine rings is 1. The normalized spacial score (nSPS) is 15.6. The van der Waals surface area contributed by atoms with Gasteiger partial charge in [0.25, 0.3) is 0 Å². The summed E-state index contributed by atoms with van der Waals surface area (Å²) in [5.41, 5.74) is 4.75. The van der Waals surface area contributed by atoms with Crippen LogP contribution in [0.3, 0.4) is 0 Å². The Kier molecular flexibility index (Phi) is 9.32. The van der Waals surface area contributed by atoms with E-state index < -0.39 is 0 Å². The third-order valence-electron chi connectivity index (χ3n) is 7.43. The number of nitrogens with zero attached hydrogens (tertiary/aromatic N) is 2. The molecule has 41 heavy (non-hydrogen) atoms. The van der Waals surface area contributed by atoms with Gasteiger partial charge in [0.1, 0.15) is 23.7 Å². The molecular weight excluding hydrogens is 510 g/mol. The van der Waals surface area contributed by atoms with Crippen molar-refractivity contribution in [2.24, 2.45) is 0 Å². The van der Waals surface area contributed by atoms with Crippen LogP contribution < -0.4 is 15.0 Å². The number of esters is 1. The summed E-state index contributed by atoms with van der Waals surface area (Å²) in [7, 11) is 0. The van der Waals surface area contributed by atoms with Gasteiger partial charge in [-0.3, -0.25) is 0 Å². The molecule has 212 valence electrons. The summed E-state index contributed by atoms with van der Waals surface area (Å²) in [6.07, 6.45) is 3.51. The zero-order chi connectivity index (χ0) is 28.6. The van der Waals surface area contributed by atoms with Gasteiger partial charge in [0.2, 0.25) is 0 Å². The second-order valence-electron chi connectivity index (χ2n) is 10.8. The maximum Gasteiger partial charge on any atom is 0.342 e. The summed E-state index contributed by atoms with van der Waals surface area (Å²) >= 11 is 0. The van der Waals surface area contributed by atoms with Crippen LogP contribution in [0.15, 0.2) is 97.2 Å². The number of hydrogen-bond acceptors (Lipinski definition) is 6. The average molecular weight is 550 g/mol. The Balaban J connectivity index is 1.28. The van der Waals surface area contributed by atoms with Gasteiger partial charge in [-0.2, -0.15) is 0 Å². The van der Waals surface area contributed by atoms with E-state index in [-0.39, 0.29) is 24.2 Å². The standard InChI is InChI=1S/C35H39N3O3/c1-4-32(28-15-17-30(18-16-28)40-24-26-11-7-5-8-12-26)37-29-20-22-38(23-29)34-33(35(39)41-25(2)3)31(19-21-36-34)27-13-9-6-10-14-27/h5-19,21,25,29,32,37H,4,20,22-24H2,1-3H3/t29-,32?/m1/s1. The molecule has 1 N–H and O–H groups in total. The molecule has 2 heterocycles. The number of carbonyl (C=O) groups is 1. The minimum absolute atomic E-state index is 0.215. The number of carbonyl (C=O) groups excluding carboxylic acids is 1. The van der Waals surface area contributed by atoms with Crippen LogP contribution in [0.2, 0.25) is 0 Å². The first-order valence-electron chi connectivity index (χ1n) is 14.5. The summed E-state index contributed by atoms with van der Waals surface area (Å²) in [5.74, 6) is 1.22. The van der Waals surface area contributed by atoms with Crippen LogP contribution >= 0.6 is 0 Å². The summed E-state index contributed by atoms with van der Waals surface area (Å²) in [4.78, 5) is 20.3. The lowest BCUT2D eigenvalue weighted by atomic mass is 10.0. The van der Waals surface area contributed by atoms with E-state index in [4.69, 9.17) is 14.5 Å². The molecule has 0 bridgehead atoms. The van der Waals surface area contributed by atoms with Gasteiger partial charge in [-0.25, -0.2) is 9.78 Å². The number of hydrogen-bond donors (Lipinski definition) is 1. The fourth-order valence-corrected chi connectivity index (χ4v) is 5.38. The highest BCUT2D eigenvalue weighted by molar-refractivity contribution is 6.02. The quantitative estimate of drug-likeness (QED) is 0.199. The molecular formula is C35H39N3O3.